The molecule has 0 saturated heterocycles. The second-order valence-corrected chi connectivity index (χ2v) is 4.02. The van der Waals surface area contributed by atoms with E-state index >= 15 is 0 Å². The van der Waals surface area contributed by atoms with E-state index in [2.05, 4.69) is 5.32 Å². The summed E-state index contributed by atoms with van der Waals surface area (Å²) in [6.07, 6.45) is 0.628. The second kappa shape index (κ2) is 3.89. The van der Waals surface area contributed by atoms with Crippen molar-refractivity contribution >= 4 is 22.9 Å². The second-order valence-electron chi connectivity index (χ2n) is 3.24. The highest BCUT2D eigenvalue weighted by molar-refractivity contribution is 7.08. The topological polar surface area (TPSA) is 55.1 Å². The zero-order valence-electron chi connectivity index (χ0n) is 7.83. The maximum absolute atomic E-state index is 11.5. The van der Waals surface area contributed by atoms with E-state index in [0.717, 1.165) is 5.69 Å². The molecule has 3 nitrogen and oxygen atoms in total. The average Bonchev–Trinajstić information content (AvgIpc) is 2.57. The minimum atomic E-state index is -0.776. The van der Waals surface area contributed by atoms with Crippen molar-refractivity contribution in [1.82, 2.24) is 0 Å². The number of hydrogen-bond acceptors (Lipinski definition) is 3. The van der Waals surface area contributed by atoms with Crippen LogP contribution in [0.4, 0.5) is 5.69 Å². The van der Waals surface area contributed by atoms with E-state index in [1.54, 1.807) is 18.3 Å². The van der Waals surface area contributed by atoms with Gasteiger partial charge in [0.2, 0.25) is 5.91 Å². The number of carbonyl (C=O) groups excluding carboxylic acids is 1. The van der Waals surface area contributed by atoms with Gasteiger partial charge in [-0.05, 0) is 24.8 Å². The van der Waals surface area contributed by atoms with Gasteiger partial charge in [0.05, 0.1) is 11.2 Å². The molecule has 0 aromatic carbocycles. The first kappa shape index (κ1) is 10.2. The molecule has 0 radical (unpaired) electrons. The highest BCUT2D eigenvalue weighted by Crippen LogP contribution is 2.14. The summed E-state index contributed by atoms with van der Waals surface area (Å²) in [5.41, 5.74) is 5.81. The highest BCUT2D eigenvalue weighted by atomic mass is 32.1. The Kier molecular flexibility index (Phi) is 3.06. The van der Waals surface area contributed by atoms with Crippen molar-refractivity contribution in [2.45, 2.75) is 25.8 Å². The number of rotatable bonds is 3. The van der Waals surface area contributed by atoms with Crippen molar-refractivity contribution in [3.63, 3.8) is 0 Å². The van der Waals surface area contributed by atoms with E-state index in [1.807, 2.05) is 23.8 Å². The lowest BCUT2D eigenvalue weighted by atomic mass is 9.99. The van der Waals surface area contributed by atoms with Gasteiger partial charge in [0.1, 0.15) is 0 Å². The molecule has 0 spiro atoms. The molecule has 3 N–H and O–H groups in total. The normalized spacial score (nSPS) is 15.0. The quantitative estimate of drug-likeness (QED) is 0.778. The molecule has 4 heteroatoms. The zero-order valence-corrected chi connectivity index (χ0v) is 8.65. The standard InChI is InChI=1S/C9H14N2OS/c1-3-9(2,10)8(12)11-7-4-5-13-6-7/h4-6H,3,10H2,1-2H3,(H,11,12). The third-order valence-electron chi connectivity index (χ3n) is 2.03. The molecule has 0 bridgehead atoms. The third kappa shape index (κ3) is 2.54. The zero-order chi connectivity index (χ0) is 9.90. The molecule has 0 aliphatic rings. The van der Waals surface area contributed by atoms with E-state index in [-0.39, 0.29) is 5.91 Å². The molecule has 1 heterocycles. The van der Waals surface area contributed by atoms with Crippen LogP contribution in [0.1, 0.15) is 20.3 Å². The van der Waals surface area contributed by atoms with Crippen LogP contribution in [0.5, 0.6) is 0 Å². The Morgan fingerprint density at radius 1 is 1.77 bits per heavy atom. The number of nitrogens with two attached hydrogens (primary N) is 1. The fraction of sp³-hybridized carbons (Fsp3) is 0.444. The van der Waals surface area contributed by atoms with Crippen molar-refractivity contribution in [2.75, 3.05) is 5.32 Å². The Bertz CT molecular complexity index is 280. The van der Waals surface area contributed by atoms with E-state index in [4.69, 9.17) is 5.73 Å². The summed E-state index contributed by atoms with van der Waals surface area (Å²) in [7, 11) is 0. The van der Waals surface area contributed by atoms with E-state index < -0.39 is 5.54 Å². The molecule has 1 aromatic rings. The summed E-state index contributed by atoms with van der Waals surface area (Å²) < 4.78 is 0. The van der Waals surface area contributed by atoms with Crippen LogP contribution in [0.2, 0.25) is 0 Å². The molecule has 72 valence electrons. The average molecular weight is 198 g/mol. The van der Waals surface area contributed by atoms with Crippen molar-refractivity contribution in [3.8, 4) is 0 Å². The van der Waals surface area contributed by atoms with Gasteiger partial charge in [0.15, 0.2) is 0 Å². The monoisotopic (exact) mass is 198 g/mol. The first-order chi connectivity index (χ1) is 6.06. The van der Waals surface area contributed by atoms with Gasteiger partial charge in [-0.15, -0.1) is 0 Å². The minimum absolute atomic E-state index is 0.131. The van der Waals surface area contributed by atoms with Crippen molar-refractivity contribution in [2.24, 2.45) is 5.73 Å². The van der Waals surface area contributed by atoms with E-state index in [9.17, 15) is 4.79 Å². The fourth-order valence-corrected chi connectivity index (χ4v) is 1.36. The lowest BCUT2D eigenvalue weighted by Crippen LogP contribution is -2.47. The van der Waals surface area contributed by atoms with Gasteiger partial charge in [-0.1, -0.05) is 6.92 Å². The van der Waals surface area contributed by atoms with Gasteiger partial charge in [0.25, 0.3) is 0 Å². The van der Waals surface area contributed by atoms with Gasteiger partial charge in [-0.2, -0.15) is 11.3 Å². The van der Waals surface area contributed by atoms with E-state index in [1.165, 1.54) is 0 Å². The molecule has 13 heavy (non-hydrogen) atoms. The van der Waals surface area contributed by atoms with Crippen molar-refractivity contribution in [3.05, 3.63) is 16.8 Å². The minimum Gasteiger partial charge on any atom is -0.324 e. The first-order valence-electron chi connectivity index (χ1n) is 4.19. The molecule has 1 unspecified atom stereocenters. The fourth-order valence-electron chi connectivity index (χ4n) is 0.770. The molecule has 1 aromatic heterocycles. The summed E-state index contributed by atoms with van der Waals surface area (Å²) in [6.45, 7) is 3.63. The van der Waals surface area contributed by atoms with Crippen LogP contribution >= 0.6 is 11.3 Å². The number of nitrogens with one attached hydrogen (secondary N) is 1. The maximum atomic E-state index is 11.5. The predicted molar refractivity (Wildman–Crippen MR) is 55.8 cm³/mol. The third-order valence-corrected chi connectivity index (χ3v) is 2.72. The summed E-state index contributed by atoms with van der Waals surface area (Å²) in [6, 6.07) is 1.86. The Hall–Kier alpha value is -0.870. The molecule has 0 saturated carbocycles. The van der Waals surface area contributed by atoms with Crippen LogP contribution < -0.4 is 11.1 Å². The van der Waals surface area contributed by atoms with Gasteiger partial charge < -0.3 is 11.1 Å². The van der Waals surface area contributed by atoms with Crippen LogP contribution in [0, 0.1) is 0 Å². The molecule has 0 fully saturated rings. The molecule has 1 amide bonds. The van der Waals surface area contributed by atoms with Gasteiger partial charge in [-0.3, -0.25) is 4.79 Å². The van der Waals surface area contributed by atoms with Gasteiger partial charge in [-0.25, -0.2) is 0 Å². The van der Waals surface area contributed by atoms with Crippen LogP contribution in [0.25, 0.3) is 0 Å². The largest absolute Gasteiger partial charge is 0.324 e. The van der Waals surface area contributed by atoms with Crippen LogP contribution in [0.15, 0.2) is 16.8 Å². The summed E-state index contributed by atoms with van der Waals surface area (Å²) in [5, 5.41) is 6.55. The Balaban J connectivity index is 2.61. The van der Waals surface area contributed by atoms with Crippen molar-refractivity contribution < 1.29 is 4.79 Å². The van der Waals surface area contributed by atoms with Gasteiger partial charge in [0, 0.05) is 5.38 Å². The Morgan fingerprint density at radius 2 is 2.46 bits per heavy atom. The SMILES string of the molecule is CCC(C)(N)C(=O)Nc1ccsc1. The predicted octanol–water partition coefficient (Wildman–Crippen LogP) is 1.81. The van der Waals surface area contributed by atoms with Gasteiger partial charge >= 0.3 is 0 Å². The lowest BCUT2D eigenvalue weighted by molar-refractivity contribution is -0.120. The summed E-state index contributed by atoms with van der Waals surface area (Å²) in [4.78, 5) is 11.5. The number of anilines is 1. The molecule has 1 atom stereocenters. The Labute approximate surface area is 81.9 Å². The first-order valence-corrected chi connectivity index (χ1v) is 5.13. The van der Waals surface area contributed by atoms with Crippen molar-refractivity contribution in [1.29, 1.82) is 0 Å². The molecular weight excluding hydrogens is 184 g/mol. The Morgan fingerprint density at radius 3 is 2.92 bits per heavy atom. The van der Waals surface area contributed by atoms with Crippen LogP contribution in [-0.2, 0) is 4.79 Å². The molecule has 1 rings (SSSR count). The highest BCUT2D eigenvalue weighted by Gasteiger charge is 2.25. The van der Waals surface area contributed by atoms with E-state index in [0.29, 0.717) is 6.42 Å². The number of hydrogen-bond donors (Lipinski definition) is 2. The number of thiophene rings is 1. The molecular formula is C9H14N2OS. The molecule has 0 aliphatic heterocycles. The summed E-state index contributed by atoms with van der Waals surface area (Å²) >= 11 is 1.54. The smallest absolute Gasteiger partial charge is 0.244 e. The van der Waals surface area contributed by atoms with Crippen LogP contribution in [-0.4, -0.2) is 11.4 Å². The number of carbonyl (C=O) groups is 1. The maximum Gasteiger partial charge on any atom is 0.244 e. The van der Waals surface area contributed by atoms with Crippen LogP contribution in [0.3, 0.4) is 0 Å². The number of amides is 1. The molecule has 0 aliphatic carbocycles. The lowest BCUT2D eigenvalue weighted by Gasteiger charge is -2.20. The summed E-state index contributed by atoms with van der Waals surface area (Å²) in [5.74, 6) is -0.131.